The molecule has 0 bridgehead atoms. The second-order valence-corrected chi connectivity index (χ2v) is 5.84. The van der Waals surface area contributed by atoms with Gasteiger partial charge in [-0.1, -0.05) is 6.07 Å². The summed E-state index contributed by atoms with van der Waals surface area (Å²) in [5, 5.41) is 9.22. The Labute approximate surface area is 98.0 Å². The van der Waals surface area contributed by atoms with Crippen LogP contribution in [0.4, 0.5) is 0 Å². The predicted molar refractivity (Wildman–Crippen MR) is 62.7 cm³/mol. The van der Waals surface area contributed by atoms with Gasteiger partial charge in [-0.25, -0.2) is 8.42 Å². The molecule has 6 heteroatoms. The van der Waals surface area contributed by atoms with E-state index < -0.39 is 15.8 Å². The third-order valence-corrected chi connectivity index (χ3v) is 3.58. The van der Waals surface area contributed by atoms with Crippen molar-refractivity contribution in [3.63, 3.8) is 0 Å². The lowest BCUT2D eigenvalue weighted by atomic mass is 10.2. The number of benzene rings is 1. The minimum Gasteiger partial charge on any atom is -0.481 e. The van der Waals surface area contributed by atoms with Gasteiger partial charge >= 0.3 is 5.97 Å². The number of aromatic nitrogens is 1. The van der Waals surface area contributed by atoms with E-state index in [1.165, 1.54) is 6.07 Å². The smallest absolute Gasteiger partial charge is 0.309 e. The summed E-state index contributed by atoms with van der Waals surface area (Å²) in [6.07, 6.45) is 0.976. The molecular formula is C11H11NO4S. The molecule has 0 aliphatic rings. The topological polar surface area (TPSA) is 87.2 Å². The van der Waals surface area contributed by atoms with E-state index in [9.17, 15) is 13.2 Å². The van der Waals surface area contributed by atoms with E-state index >= 15 is 0 Å². The molecule has 2 N–H and O–H groups in total. The predicted octanol–water partition coefficient (Wildman–Crippen LogP) is 1.20. The molecule has 5 nitrogen and oxygen atoms in total. The van der Waals surface area contributed by atoms with E-state index in [0.29, 0.717) is 16.6 Å². The van der Waals surface area contributed by atoms with Crippen molar-refractivity contribution in [1.82, 2.24) is 4.98 Å². The van der Waals surface area contributed by atoms with Crippen LogP contribution in [0.15, 0.2) is 29.2 Å². The number of aliphatic carboxylic acids is 1. The van der Waals surface area contributed by atoms with Crippen molar-refractivity contribution in [2.24, 2.45) is 0 Å². The highest BCUT2D eigenvalue weighted by Crippen LogP contribution is 2.23. The zero-order chi connectivity index (χ0) is 12.6. The van der Waals surface area contributed by atoms with E-state index in [1.807, 2.05) is 0 Å². The molecule has 2 rings (SSSR count). The molecule has 0 saturated heterocycles. The number of H-pyrrole nitrogens is 1. The van der Waals surface area contributed by atoms with Gasteiger partial charge in [0, 0.05) is 22.9 Å². The van der Waals surface area contributed by atoms with Gasteiger partial charge in [0.15, 0.2) is 9.84 Å². The van der Waals surface area contributed by atoms with Crippen LogP contribution in [0, 0.1) is 0 Å². The average Bonchev–Trinajstić information content (AvgIpc) is 2.55. The first-order chi connectivity index (χ1) is 7.88. The number of carboxylic acids is 1. The van der Waals surface area contributed by atoms with Gasteiger partial charge in [0.2, 0.25) is 0 Å². The van der Waals surface area contributed by atoms with Gasteiger partial charge in [0.25, 0.3) is 0 Å². The van der Waals surface area contributed by atoms with Gasteiger partial charge in [-0.3, -0.25) is 4.79 Å². The Bertz CT molecular complexity index is 685. The Morgan fingerprint density at radius 3 is 2.71 bits per heavy atom. The van der Waals surface area contributed by atoms with E-state index in [4.69, 9.17) is 5.11 Å². The lowest BCUT2D eigenvalue weighted by Crippen LogP contribution is -1.99. The number of rotatable bonds is 3. The molecule has 2 aromatic rings. The zero-order valence-electron chi connectivity index (χ0n) is 9.10. The maximum Gasteiger partial charge on any atom is 0.309 e. The van der Waals surface area contributed by atoms with Crippen LogP contribution in [-0.2, 0) is 21.1 Å². The molecule has 0 unspecified atom stereocenters. The van der Waals surface area contributed by atoms with Crippen LogP contribution in [0.5, 0.6) is 0 Å². The Morgan fingerprint density at radius 2 is 2.12 bits per heavy atom. The maximum atomic E-state index is 11.5. The summed E-state index contributed by atoms with van der Waals surface area (Å²) in [4.78, 5) is 13.7. The summed E-state index contributed by atoms with van der Waals surface area (Å²) in [6, 6.07) is 6.42. The van der Waals surface area contributed by atoms with Gasteiger partial charge in [0.1, 0.15) is 0 Å². The molecule has 0 aliphatic heterocycles. The lowest BCUT2D eigenvalue weighted by Gasteiger charge is -1.98. The fourth-order valence-electron chi connectivity index (χ4n) is 1.77. The number of aromatic amines is 1. The Balaban J connectivity index is 2.65. The minimum absolute atomic E-state index is 0.155. The highest BCUT2D eigenvalue weighted by atomic mass is 32.2. The van der Waals surface area contributed by atoms with Crippen LogP contribution < -0.4 is 0 Å². The Kier molecular flexibility index (Phi) is 2.66. The van der Waals surface area contributed by atoms with Crippen molar-refractivity contribution in [1.29, 1.82) is 0 Å². The summed E-state index contributed by atoms with van der Waals surface area (Å²) in [6.45, 7) is 0. The fourth-order valence-corrected chi connectivity index (χ4v) is 2.66. The van der Waals surface area contributed by atoms with Crippen molar-refractivity contribution in [2.75, 3.05) is 6.26 Å². The summed E-state index contributed by atoms with van der Waals surface area (Å²) < 4.78 is 23.1. The van der Waals surface area contributed by atoms with Crippen molar-refractivity contribution < 1.29 is 18.3 Å². The van der Waals surface area contributed by atoms with Crippen LogP contribution in [0.3, 0.4) is 0 Å². The van der Waals surface area contributed by atoms with E-state index in [0.717, 1.165) is 6.26 Å². The van der Waals surface area contributed by atoms with E-state index in [2.05, 4.69) is 4.98 Å². The van der Waals surface area contributed by atoms with Crippen LogP contribution in [0.1, 0.15) is 5.69 Å². The summed E-state index contributed by atoms with van der Waals surface area (Å²) in [5.41, 5.74) is 1.12. The first-order valence-electron chi connectivity index (χ1n) is 4.90. The van der Waals surface area contributed by atoms with Crippen molar-refractivity contribution in [3.05, 3.63) is 30.0 Å². The van der Waals surface area contributed by atoms with Gasteiger partial charge in [0.05, 0.1) is 11.3 Å². The molecule has 90 valence electrons. The Morgan fingerprint density at radius 1 is 1.41 bits per heavy atom. The largest absolute Gasteiger partial charge is 0.481 e. The van der Waals surface area contributed by atoms with Gasteiger partial charge in [-0.2, -0.15) is 0 Å². The minimum atomic E-state index is -3.31. The number of sulfone groups is 1. The monoisotopic (exact) mass is 253 g/mol. The summed E-state index contributed by atoms with van der Waals surface area (Å²) in [5.74, 6) is -0.961. The number of nitrogens with one attached hydrogen (secondary N) is 1. The number of hydrogen-bond donors (Lipinski definition) is 2. The molecule has 0 radical (unpaired) electrons. The number of fused-ring (bicyclic) bond motifs is 1. The zero-order valence-corrected chi connectivity index (χ0v) is 9.91. The molecular weight excluding hydrogens is 242 g/mol. The third-order valence-electron chi connectivity index (χ3n) is 2.42. The molecule has 1 heterocycles. The van der Waals surface area contributed by atoms with Crippen LogP contribution in [-0.4, -0.2) is 30.7 Å². The molecule has 0 saturated carbocycles. The normalized spacial score (nSPS) is 11.8. The molecule has 0 amide bonds. The molecule has 17 heavy (non-hydrogen) atoms. The van der Waals surface area contributed by atoms with Gasteiger partial charge in [-0.15, -0.1) is 0 Å². The molecule has 0 aliphatic carbocycles. The van der Waals surface area contributed by atoms with E-state index in [1.54, 1.807) is 18.2 Å². The lowest BCUT2D eigenvalue weighted by molar-refractivity contribution is -0.136. The van der Waals surface area contributed by atoms with Gasteiger partial charge < -0.3 is 10.1 Å². The quantitative estimate of drug-likeness (QED) is 0.860. The summed E-state index contributed by atoms with van der Waals surface area (Å²) >= 11 is 0. The second kappa shape index (κ2) is 3.89. The first kappa shape index (κ1) is 11.7. The fraction of sp³-hybridized carbons (Fsp3) is 0.182. The number of carboxylic acid groups (broad SMARTS) is 1. The van der Waals surface area contributed by atoms with Crippen molar-refractivity contribution in [2.45, 2.75) is 11.3 Å². The number of carbonyl (C=O) groups is 1. The molecule has 0 atom stereocenters. The Hall–Kier alpha value is -1.82. The van der Waals surface area contributed by atoms with Crippen LogP contribution in [0.25, 0.3) is 10.9 Å². The van der Waals surface area contributed by atoms with Crippen LogP contribution in [0.2, 0.25) is 0 Å². The molecule has 0 spiro atoms. The van der Waals surface area contributed by atoms with Gasteiger partial charge in [-0.05, 0) is 18.2 Å². The SMILES string of the molecule is CS(=O)(=O)c1cccc2[nH]c(CC(=O)O)cc12. The number of hydrogen-bond acceptors (Lipinski definition) is 3. The van der Waals surface area contributed by atoms with Crippen molar-refractivity contribution >= 4 is 26.7 Å². The van der Waals surface area contributed by atoms with Crippen LogP contribution >= 0.6 is 0 Å². The highest BCUT2D eigenvalue weighted by Gasteiger charge is 2.14. The second-order valence-electron chi connectivity index (χ2n) is 3.85. The highest BCUT2D eigenvalue weighted by molar-refractivity contribution is 7.91. The molecule has 1 aromatic carbocycles. The standard InChI is InChI=1S/C11H11NO4S/c1-17(15,16)10-4-2-3-9-8(10)5-7(12-9)6-11(13)14/h2-5,12H,6H2,1H3,(H,13,14). The van der Waals surface area contributed by atoms with E-state index in [-0.39, 0.29) is 11.3 Å². The average molecular weight is 253 g/mol. The molecule has 0 fully saturated rings. The molecule has 1 aromatic heterocycles. The first-order valence-corrected chi connectivity index (χ1v) is 6.79. The maximum absolute atomic E-state index is 11.5. The third kappa shape index (κ3) is 2.31. The van der Waals surface area contributed by atoms with Crippen molar-refractivity contribution in [3.8, 4) is 0 Å². The summed E-state index contributed by atoms with van der Waals surface area (Å²) in [7, 11) is -3.31.